The Kier molecular flexibility index (Phi) is 6.67. The second-order valence-electron chi connectivity index (χ2n) is 5.71. The van der Waals surface area contributed by atoms with E-state index in [0.29, 0.717) is 24.5 Å². The molecule has 5 nitrogen and oxygen atoms in total. The molecule has 0 saturated heterocycles. The summed E-state index contributed by atoms with van der Waals surface area (Å²) < 4.78 is 16.1. The Morgan fingerprint density at radius 1 is 1.08 bits per heavy atom. The quantitative estimate of drug-likeness (QED) is 0.828. The van der Waals surface area contributed by atoms with Crippen molar-refractivity contribution in [3.05, 3.63) is 59.2 Å². The van der Waals surface area contributed by atoms with Crippen LogP contribution in [0.4, 0.5) is 0 Å². The molecule has 0 spiro atoms. The number of halogens is 1. The fraction of sp³-hybridized carbons (Fsp3) is 0.316. The van der Waals surface area contributed by atoms with Crippen LogP contribution in [-0.4, -0.2) is 26.2 Å². The van der Waals surface area contributed by atoms with Gasteiger partial charge < -0.3 is 19.5 Å². The minimum atomic E-state index is -0.348. The molecule has 1 atom stereocenters. The first-order chi connectivity index (χ1) is 11.7. The van der Waals surface area contributed by atoms with Crippen molar-refractivity contribution in [1.82, 2.24) is 5.32 Å². The Morgan fingerprint density at radius 2 is 1.72 bits per heavy atom. The third-order valence-electron chi connectivity index (χ3n) is 4.18. The molecular weight excluding hydrogens is 342 g/mol. The van der Waals surface area contributed by atoms with Crippen LogP contribution in [0.3, 0.4) is 0 Å². The van der Waals surface area contributed by atoms with Crippen molar-refractivity contribution >= 4 is 18.4 Å². The highest BCUT2D eigenvalue weighted by Gasteiger charge is 2.26. The first kappa shape index (κ1) is 19.1. The molecule has 6 heteroatoms. The van der Waals surface area contributed by atoms with Gasteiger partial charge in [-0.25, -0.2) is 0 Å². The molecule has 2 aromatic carbocycles. The third-order valence-corrected chi connectivity index (χ3v) is 4.18. The summed E-state index contributed by atoms with van der Waals surface area (Å²) in [5, 5.41) is 3.23. The van der Waals surface area contributed by atoms with Gasteiger partial charge in [0.15, 0.2) is 11.5 Å². The van der Waals surface area contributed by atoms with E-state index in [2.05, 4.69) is 5.32 Å². The zero-order valence-electron chi connectivity index (χ0n) is 14.3. The van der Waals surface area contributed by atoms with E-state index >= 15 is 0 Å². The van der Waals surface area contributed by atoms with E-state index in [1.807, 2.05) is 42.5 Å². The standard InChI is InChI=1S/C19H21NO4.ClH/c1-22-17-9-14-8-16(20-11-15(14)10-18(17)23-2)19(21)24-12-13-6-4-3-5-7-13;/h3-7,9-10,16,20H,8,11-12H2,1-2H3;1H/t16-;/m0./s1. The van der Waals surface area contributed by atoms with Gasteiger partial charge in [0, 0.05) is 6.54 Å². The Hall–Kier alpha value is -2.24. The molecule has 1 heterocycles. The van der Waals surface area contributed by atoms with Crippen molar-refractivity contribution in [2.75, 3.05) is 14.2 Å². The first-order valence-corrected chi connectivity index (χ1v) is 7.89. The van der Waals surface area contributed by atoms with E-state index in [1.165, 1.54) is 0 Å². The molecule has 25 heavy (non-hydrogen) atoms. The van der Waals surface area contributed by atoms with Gasteiger partial charge >= 0.3 is 5.97 Å². The van der Waals surface area contributed by atoms with E-state index in [0.717, 1.165) is 16.7 Å². The lowest BCUT2D eigenvalue weighted by Gasteiger charge is -2.26. The fourth-order valence-corrected chi connectivity index (χ4v) is 2.84. The SMILES string of the molecule is COc1cc2c(cc1OC)C[C@@H](C(=O)OCc1ccccc1)NC2.Cl. The summed E-state index contributed by atoms with van der Waals surface area (Å²) in [6.07, 6.45) is 0.573. The molecule has 2 aromatic rings. The molecular formula is C19H22ClNO4. The van der Waals surface area contributed by atoms with Crippen LogP contribution in [0.1, 0.15) is 16.7 Å². The van der Waals surface area contributed by atoms with E-state index in [4.69, 9.17) is 14.2 Å². The van der Waals surface area contributed by atoms with Crippen LogP contribution in [0.25, 0.3) is 0 Å². The van der Waals surface area contributed by atoms with Gasteiger partial charge in [0.2, 0.25) is 0 Å². The monoisotopic (exact) mass is 363 g/mol. The lowest BCUT2D eigenvalue weighted by Crippen LogP contribution is -2.42. The number of carbonyl (C=O) groups is 1. The van der Waals surface area contributed by atoms with E-state index in [9.17, 15) is 4.79 Å². The summed E-state index contributed by atoms with van der Waals surface area (Å²) in [6.45, 7) is 0.886. The number of rotatable bonds is 5. The van der Waals surface area contributed by atoms with Crippen LogP contribution in [0.2, 0.25) is 0 Å². The number of benzene rings is 2. The molecule has 0 aliphatic carbocycles. The van der Waals surface area contributed by atoms with Crippen LogP contribution in [0.5, 0.6) is 11.5 Å². The molecule has 1 aliphatic rings. The minimum Gasteiger partial charge on any atom is -0.493 e. The van der Waals surface area contributed by atoms with Crippen LogP contribution in [0, 0.1) is 0 Å². The number of methoxy groups -OCH3 is 2. The second kappa shape index (κ2) is 8.74. The Labute approximate surface area is 153 Å². The topological polar surface area (TPSA) is 56.8 Å². The van der Waals surface area contributed by atoms with E-state index in [-0.39, 0.29) is 31.0 Å². The van der Waals surface area contributed by atoms with Crippen LogP contribution in [0.15, 0.2) is 42.5 Å². The number of ether oxygens (including phenoxy) is 3. The normalized spacial score (nSPS) is 15.5. The Balaban J connectivity index is 0.00000225. The molecule has 0 radical (unpaired) electrons. The van der Waals surface area contributed by atoms with E-state index in [1.54, 1.807) is 14.2 Å². The maximum absolute atomic E-state index is 12.3. The summed E-state index contributed by atoms with van der Waals surface area (Å²) >= 11 is 0. The summed E-state index contributed by atoms with van der Waals surface area (Å²) in [6, 6.07) is 13.2. The third kappa shape index (κ3) is 4.44. The second-order valence-corrected chi connectivity index (χ2v) is 5.71. The minimum absolute atomic E-state index is 0. The molecule has 1 aliphatic heterocycles. The average molecular weight is 364 g/mol. The Bertz CT molecular complexity index is 721. The van der Waals surface area contributed by atoms with Gasteiger partial charge in [0.05, 0.1) is 14.2 Å². The predicted octanol–water partition coefficient (Wildman–Crippen LogP) is 2.88. The summed E-state index contributed by atoms with van der Waals surface area (Å²) in [5.74, 6) is 1.14. The van der Waals surface area contributed by atoms with Gasteiger partial charge in [-0.3, -0.25) is 4.79 Å². The molecule has 0 aromatic heterocycles. The number of esters is 1. The fourth-order valence-electron chi connectivity index (χ4n) is 2.84. The highest BCUT2D eigenvalue weighted by Crippen LogP contribution is 2.32. The molecule has 3 rings (SSSR count). The van der Waals surface area contributed by atoms with Crippen molar-refractivity contribution in [2.24, 2.45) is 0 Å². The van der Waals surface area contributed by atoms with Crippen molar-refractivity contribution in [1.29, 1.82) is 0 Å². The summed E-state index contributed by atoms with van der Waals surface area (Å²) in [4.78, 5) is 12.3. The van der Waals surface area contributed by atoms with Gasteiger partial charge in [0.25, 0.3) is 0 Å². The smallest absolute Gasteiger partial charge is 0.323 e. The lowest BCUT2D eigenvalue weighted by atomic mass is 9.95. The van der Waals surface area contributed by atoms with Crippen molar-refractivity contribution in [2.45, 2.75) is 25.6 Å². The summed E-state index contributed by atoms with van der Waals surface area (Å²) in [5.41, 5.74) is 3.17. The van der Waals surface area contributed by atoms with Crippen molar-refractivity contribution in [3.63, 3.8) is 0 Å². The zero-order valence-corrected chi connectivity index (χ0v) is 15.1. The number of hydrogen-bond acceptors (Lipinski definition) is 5. The molecule has 0 saturated carbocycles. The van der Waals surface area contributed by atoms with Crippen molar-refractivity contribution in [3.8, 4) is 11.5 Å². The zero-order chi connectivity index (χ0) is 16.9. The van der Waals surface area contributed by atoms with Crippen LogP contribution < -0.4 is 14.8 Å². The molecule has 1 N–H and O–H groups in total. The number of nitrogens with one attached hydrogen (secondary N) is 1. The largest absolute Gasteiger partial charge is 0.493 e. The maximum Gasteiger partial charge on any atom is 0.323 e. The van der Waals surface area contributed by atoms with Gasteiger partial charge in [-0.15, -0.1) is 12.4 Å². The first-order valence-electron chi connectivity index (χ1n) is 7.89. The molecule has 0 bridgehead atoms. The van der Waals surface area contributed by atoms with Gasteiger partial charge in [0.1, 0.15) is 12.6 Å². The van der Waals surface area contributed by atoms with Crippen LogP contribution in [-0.2, 0) is 29.1 Å². The molecule has 134 valence electrons. The highest BCUT2D eigenvalue weighted by atomic mass is 35.5. The number of hydrogen-bond donors (Lipinski definition) is 1. The maximum atomic E-state index is 12.3. The molecule has 0 amide bonds. The van der Waals surface area contributed by atoms with Crippen molar-refractivity contribution < 1.29 is 19.0 Å². The highest BCUT2D eigenvalue weighted by molar-refractivity contribution is 5.85. The van der Waals surface area contributed by atoms with Gasteiger partial charge in [-0.1, -0.05) is 30.3 Å². The summed E-state index contributed by atoms with van der Waals surface area (Å²) in [7, 11) is 3.22. The van der Waals surface area contributed by atoms with Gasteiger partial charge in [-0.05, 0) is 35.2 Å². The molecule has 0 unspecified atom stereocenters. The Morgan fingerprint density at radius 3 is 2.36 bits per heavy atom. The predicted molar refractivity (Wildman–Crippen MR) is 97.4 cm³/mol. The number of carbonyl (C=O) groups excluding carboxylic acids is 1. The van der Waals surface area contributed by atoms with Crippen LogP contribution >= 0.6 is 12.4 Å². The molecule has 0 fully saturated rings. The lowest BCUT2D eigenvalue weighted by molar-refractivity contribution is -0.147. The number of fused-ring (bicyclic) bond motifs is 1. The van der Waals surface area contributed by atoms with E-state index < -0.39 is 0 Å². The van der Waals surface area contributed by atoms with Gasteiger partial charge in [-0.2, -0.15) is 0 Å². The average Bonchev–Trinajstić information content (AvgIpc) is 2.65.